The van der Waals surface area contributed by atoms with Gasteiger partial charge in [0.15, 0.2) is 0 Å². The number of hydrogen-bond donors (Lipinski definition) is 1. The lowest BCUT2D eigenvalue weighted by Crippen LogP contribution is -2.21. The maximum atomic E-state index is 13.0. The van der Waals surface area contributed by atoms with Gasteiger partial charge in [-0.25, -0.2) is 14.2 Å². The third-order valence-corrected chi connectivity index (χ3v) is 2.95. The number of benzene rings is 1. The Balaban J connectivity index is 2.53. The maximum Gasteiger partial charge on any atom is 0.339 e. The first-order chi connectivity index (χ1) is 9.52. The Bertz CT molecular complexity index is 626. The minimum absolute atomic E-state index is 0.127. The standard InChI is InChI=1S/C15H15FN2O2/c1-3-18(12-7-5-11(16)6-8-12)14-13(15(19)20)9-4-10(2)17-14/h4-9H,3H2,1-2H3,(H,19,20). The Kier molecular flexibility index (Phi) is 3.98. The molecule has 2 rings (SSSR count). The van der Waals surface area contributed by atoms with Crippen LogP contribution < -0.4 is 4.90 Å². The molecule has 1 aromatic heterocycles. The Morgan fingerprint density at radius 2 is 1.90 bits per heavy atom. The predicted octanol–water partition coefficient (Wildman–Crippen LogP) is 3.39. The average molecular weight is 274 g/mol. The molecule has 0 aliphatic carbocycles. The van der Waals surface area contributed by atoms with Gasteiger partial charge in [0.25, 0.3) is 0 Å². The van der Waals surface area contributed by atoms with Crippen LogP contribution in [0.25, 0.3) is 0 Å². The number of halogens is 1. The topological polar surface area (TPSA) is 53.4 Å². The van der Waals surface area contributed by atoms with Gasteiger partial charge in [0.1, 0.15) is 17.2 Å². The van der Waals surface area contributed by atoms with Crippen LogP contribution in [0.15, 0.2) is 36.4 Å². The molecule has 0 radical (unpaired) electrons. The number of carbonyl (C=O) groups is 1. The number of carboxylic acids is 1. The van der Waals surface area contributed by atoms with Crippen LogP contribution >= 0.6 is 0 Å². The summed E-state index contributed by atoms with van der Waals surface area (Å²) in [5.41, 5.74) is 1.56. The quantitative estimate of drug-likeness (QED) is 0.928. The molecule has 1 aromatic carbocycles. The van der Waals surface area contributed by atoms with Gasteiger partial charge in [0.2, 0.25) is 0 Å². The molecular formula is C15H15FN2O2. The molecule has 1 N–H and O–H groups in total. The van der Waals surface area contributed by atoms with Crippen molar-refractivity contribution in [3.63, 3.8) is 0 Å². The van der Waals surface area contributed by atoms with Crippen LogP contribution in [0, 0.1) is 12.7 Å². The first-order valence-electron chi connectivity index (χ1n) is 6.27. The molecule has 5 heteroatoms. The fourth-order valence-corrected chi connectivity index (χ4v) is 1.99. The van der Waals surface area contributed by atoms with Gasteiger partial charge in [-0.3, -0.25) is 0 Å². The van der Waals surface area contributed by atoms with Crippen LogP contribution in [0.3, 0.4) is 0 Å². The van der Waals surface area contributed by atoms with Crippen LogP contribution in [0.5, 0.6) is 0 Å². The van der Waals surface area contributed by atoms with Crippen molar-refractivity contribution in [3.05, 3.63) is 53.5 Å². The first kappa shape index (κ1) is 14.0. The summed E-state index contributed by atoms with van der Waals surface area (Å²) in [4.78, 5) is 17.4. The Hall–Kier alpha value is -2.43. The van der Waals surface area contributed by atoms with Crippen molar-refractivity contribution in [2.24, 2.45) is 0 Å². The van der Waals surface area contributed by atoms with Crippen molar-refractivity contribution < 1.29 is 14.3 Å². The molecule has 0 fully saturated rings. The number of carboxylic acid groups (broad SMARTS) is 1. The van der Waals surface area contributed by atoms with Crippen LogP contribution in [-0.2, 0) is 0 Å². The molecule has 0 aliphatic rings. The highest BCUT2D eigenvalue weighted by atomic mass is 19.1. The van der Waals surface area contributed by atoms with Gasteiger partial charge >= 0.3 is 5.97 Å². The second-order valence-corrected chi connectivity index (χ2v) is 4.35. The third-order valence-electron chi connectivity index (χ3n) is 2.95. The van der Waals surface area contributed by atoms with Gasteiger partial charge in [-0.1, -0.05) is 0 Å². The summed E-state index contributed by atoms with van der Waals surface area (Å²) in [6.45, 7) is 4.22. The molecule has 1 heterocycles. The zero-order chi connectivity index (χ0) is 14.7. The third kappa shape index (κ3) is 2.77. The van der Waals surface area contributed by atoms with E-state index in [1.54, 1.807) is 30.0 Å². The van der Waals surface area contributed by atoms with E-state index in [9.17, 15) is 14.3 Å². The minimum Gasteiger partial charge on any atom is -0.478 e. The fraction of sp³-hybridized carbons (Fsp3) is 0.200. The second kappa shape index (κ2) is 5.69. The van der Waals surface area contributed by atoms with Gasteiger partial charge < -0.3 is 10.0 Å². The molecule has 0 amide bonds. The average Bonchev–Trinajstić information content (AvgIpc) is 2.41. The van der Waals surface area contributed by atoms with Gasteiger partial charge in [-0.05, 0) is 50.2 Å². The predicted molar refractivity (Wildman–Crippen MR) is 75.0 cm³/mol. The van der Waals surface area contributed by atoms with Gasteiger partial charge in [-0.2, -0.15) is 0 Å². The number of aryl methyl sites for hydroxylation is 1. The molecule has 4 nitrogen and oxygen atoms in total. The minimum atomic E-state index is -1.03. The van der Waals surface area contributed by atoms with E-state index in [-0.39, 0.29) is 11.4 Å². The summed E-state index contributed by atoms with van der Waals surface area (Å²) in [6, 6.07) is 9.09. The summed E-state index contributed by atoms with van der Waals surface area (Å²) in [5, 5.41) is 9.27. The normalized spacial score (nSPS) is 10.3. The van der Waals surface area contributed by atoms with Crippen molar-refractivity contribution in [1.29, 1.82) is 0 Å². The first-order valence-corrected chi connectivity index (χ1v) is 6.27. The van der Waals surface area contributed by atoms with Crippen LogP contribution in [0.4, 0.5) is 15.9 Å². The Labute approximate surface area is 116 Å². The molecule has 0 bridgehead atoms. The zero-order valence-electron chi connectivity index (χ0n) is 11.3. The fourth-order valence-electron chi connectivity index (χ4n) is 1.99. The molecule has 104 valence electrons. The van der Waals surface area contributed by atoms with Crippen LogP contribution in [-0.4, -0.2) is 22.6 Å². The number of aromatic nitrogens is 1. The van der Waals surface area contributed by atoms with Crippen molar-refractivity contribution in [1.82, 2.24) is 4.98 Å². The lowest BCUT2D eigenvalue weighted by molar-refractivity contribution is 0.0697. The molecule has 0 spiro atoms. The van der Waals surface area contributed by atoms with E-state index < -0.39 is 5.97 Å². The van der Waals surface area contributed by atoms with Gasteiger partial charge in [-0.15, -0.1) is 0 Å². The SMILES string of the molecule is CCN(c1ccc(F)cc1)c1nc(C)ccc1C(=O)O. The summed E-state index contributed by atoms with van der Waals surface area (Å²) < 4.78 is 13.0. The Morgan fingerprint density at radius 3 is 2.45 bits per heavy atom. The summed E-state index contributed by atoms with van der Waals surface area (Å²) in [5.74, 6) is -1.000. The zero-order valence-corrected chi connectivity index (χ0v) is 11.3. The van der Waals surface area contributed by atoms with Crippen LogP contribution in [0.2, 0.25) is 0 Å². The lowest BCUT2D eigenvalue weighted by atomic mass is 10.2. The number of pyridine rings is 1. The number of rotatable bonds is 4. The van der Waals surface area contributed by atoms with Gasteiger partial charge in [0.05, 0.1) is 0 Å². The molecular weight excluding hydrogens is 259 g/mol. The molecule has 0 saturated carbocycles. The van der Waals surface area contributed by atoms with E-state index in [1.807, 2.05) is 6.92 Å². The smallest absolute Gasteiger partial charge is 0.339 e. The lowest BCUT2D eigenvalue weighted by Gasteiger charge is -2.24. The summed E-state index contributed by atoms with van der Waals surface area (Å²) >= 11 is 0. The molecule has 2 aromatic rings. The number of nitrogens with zero attached hydrogens (tertiary/aromatic N) is 2. The highest BCUT2D eigenvalue weighted by molar-refractivity contribution is 5.94. The molecule has 0 atom stereocenters. The second-order valence-electron chi connectivity index (χ2n) is 4.35. The number of anilines is 2. The van der Waals surface area contributed by atoms with Crippen molar-refractivity contribution >= 4 is 17.5 Å². The van der Waals surface area contributed by atoms with E-state index in [0.717, 1.165) is 5.69 Å². The van der Waals surface area contributed by atoms with Crippen molar-refractivity contribution in [3.8, 4) is 0 Å². The number of hydrogen-bond acceptors (Lipinski definition) is 3. The monoisotopic (exact) mass is 274 g/mol. The molecule has 0 unspecified atom stereocenters. The van der Waals surface area contributed by atoms with E-state index in [4.69, 9.17) is 0 Å². The van der Waals surface area contributed by atoms with Crippen molar-refractivity contribution in [2.45, 2.75) is 13.8 Å². The molecule has 0 saturated heterocycles. The van der Waals surface area contributed by atoms with Crippen molar-refractivity contribution in [2.75, 3.05) is 11.4 Å². The highest BCUT2D eigenvalue weighted by Gasteiger charge is 2.18. The largest absolute Gasteiger partial charge is 0.478 e. The van der Waals surface area contributed by atoms with E-state index >= 15 is 0 Å². The number of aromatic carboxylic acids is 1. The summed E-state index contributed by atoms with van der Waals surface area (Å²) in [6.07, 6.45) is 0. The highest BCUT2D eigenvalue weighted by Crippen LogP contribution is 2.27. The molecule has 0 aliphatic heterocycles. The Morgan fingerprint density at radius 1 is 1.25 bits per heavy atom. The summed E-state index contributed by atoms with van der Waals surface area (Å²) in [7, 11) is 0. The van der Waals surface area contributed by atoms with E-state index in [2.05, 4.69) is 4.98 Å². The maximum absolute atomic E-state index is 13.0. The molecule has 20 heavy (non-hydrogen) atoms. The van der Waals surface area contributed by atoms with Crippen LogP contribution in [0.1, 0.15) is 23.0 Å². The van der Waals surface area contributed by atoms with E-state index in [1.165, 1.54) is 18.2 Å². The van der Waals surface area contributed by atoms with E-state index in [0.29, 0.717) is 18.1 Å². The van der Waals surface area contributed by atoms with Gasteiger partial charge in [0, 0.05) is 17.9 Å².